The fraction of sp³-hybridized carbons (Fsp3) is 0.750. The van der Waals surface area contributed by atoms with Crippen LogP contribution in [0.15, 0.2) is 0 Å². The van der Waals surface area contributed by atoms with E-state index in [1.807, 2.05) is 0 Å². The van der Waals surface area contributed by atoms with Gasteiger partial charge in [-0.2, -0.15) is 0 Å². The van der Waals surface area contributed by atoms with Crippen LogP contribution in [-0.4, -0.2) is 35.0 Å². The quantitative estimate of drug-likeness (QED) is 0.588. The van der Waals surface area contributed by atoms with Crippen LogP contribution in [0, 0.1) is 5.41 Å². The Bertz CT molecular complexity index is 234. The third-order valence-corrected chi connectivity index (χ3v) is 2.91. The average Bonchev–Trinajstić information content (AvgIpc) is 2.62. The molecule has 1 atom stereocenters. The molecule has 0 radical (unpaired) electrons. The summed E-state index contributed by atoms with van der Waals surface area (Å²) in [7, 11) is 0. The summed E-state index contributed by atoms with van der Waals surface area (Å²) in [6.07, 6.45) is 2.70. The van der Waals surface area contributed by atoms with Gasteiger partial charge in [-0.1, -0.05) is 0 Å². The number of likely N-dealkylation sites (tertiary alicyclic amines) is 1. The Morgan fingerprint density at radius 1 is 1.58 bits per heavy atom. The second-order valence-electron chi connectivity index (χ2n) is 3.82. The third-order valence-electron chi connectivity index (χ3n) is 2.91. The molecule has 1 unspecified atom stereocenters. The summed E-state index contributed by atoms with van der Waals surface area (Å²) in [5.41, 5.74) is 0.184. The molecule has 1 saturated carbocycles. The van der Waals surface area contributed by atoms with E-state index in [9.17, 15) is 9.59 Å². The lowest BCUT2D eigenvalue weighted by atomic mass is 10.0. The minimum absolute atomic E-state index is 0.184. The van der Waals surface area contributed by atoms with E-state index < -0.39 is 6.09 Å². The summed E-state index contributed by atoms with van der Waals surface area (Å²) in [6.45, 7) is 0.561. The normalized spacial score (nSPS) is 30.7. The van der Waals surface area contributed by atoms with Gasteiger partial charge in [0.05, 0.1) is 6.04 Å². The Morgan fingerprint density at radius 2 is 2.25 bits per heavy atom. The van der Waals surface area contributed by atoms with Crippen LogP contribution in [0.1, 0.15) is 19.3 Å². The van der Waals surface area contributed by atoms with Crippen molar-refractivity contribution in [2.75, 3.05) is 6.54 Å². The van der Waals surface area contributed by atoms with Gasteiger partial charge in [0, 0.05) is 6.54 Å². The van der Waals surface area contributed by atoms with E-state index in [0.29, 0.717) is 6.54 Å². The smallest absolute Gasteiger partial charge is 0.407 e. The van der Waals surface area contributed by atoms with Gasteiger partial charge in [-0.05, 0) is 24.7 Å². The molecule has 2 rings (SSSR count). The molecule has 4 heteroatoms. The molecular formula is C8H11NO3. The molecule has 0 aromatic carbocycles. The molecule has 1 saturated heterocycles. The van der Waals surface area contributed by atoms with Gasteiger partial charge in [0.25, 0.3) is 0 Å². The minimum Gasteiger partial charge on any atom is -0.465 e. The number of nitrogens with zero attached hydrogens (tertiary/aromatic N) is 1. The van der Waals surface area contributed by atoms with Crippen LogP contribution in [-0.2, 0) is 4.79 Å². The molecule has 12 heavy (non-hydrogen) atoms. The summed E-state index contributed by atoms with van der Waals surface area (Å²) in [5.74, 6) is 0. The number of amides is 1. The number of aldehydes is 1. The van der Waals surface area contributed by atoms with Gasteiger partial charge >= 0.3 is 6.09 Å². The Kier molecular flexibility index (Phi) is 1.40. The summed E-state index contributed by atoms with van der Waals surface area (Å²) in [6, 6.07) is -0.384. The predicted octanol–water partition coefficient (Wildman–Crippen LogP) is 0.718. The molecule has 0 bridgehead atoms. The lowest BCUT2D eigenvalue weighted by Crippen LogP contribution is -2.35. The molecule has 0 aromatic heterocycles. The van der Waals surface area contributed by atoms with Gasteiger partial charge in [0.2, 0.25) is 0 Å². The van der Waals surface area contributed by atoms with Crippen molar-refractivity contribution in [2.24, 2.45) is 5.41 Å². The second-order valence-corrected chi connectivity index (χ2v) is 3.82. The van der Waals surface area contributed by atoms with E-state index in [-0.39, 0.29) is 11.5 Å². The molecule has 2 fully saturated rings. The van der Waals surface area contributed by atoms with Crippen molar-refractivity contribution in [2.45, 2.75) is 25.3 Å². The summed E-state index contributed by atoms with van der Waals surface area (Å²) in [5, 5.41) is 8.74. The highest BCUT2D eigenvalue weighted by Gasteiger charge is 2.53. The van der Waals surface area contributed by atoms with E-state index in [1.54, 1.807) is 0 Å². The van der Waals surface area contributed by atoms with Crippen molar-refractivity contribution < 1.29 is 14.7 Å². The molecule has 0 aromatic rings. The predicted molar refractivity (Wildman–Crippen MR) is 40.9 cm³/mol. The van der Waals surface area contributed by atoms with E-state index in [0.717, 1.165) is 25.5 Å². The van der Waals surface area contributed by atoms with Crippen LogP contribution in [0.2, 0.25) is 0 Å². The molecule has 1 aliphatic heterocycles. The highest BCUT2D eigenvalue weighted by molar-refractivity contribution is 5.73. The highest BCUT2D eigenvalue weighted by Crippen LogP contribution is 2.54. The molecule has 1 aliphatic carbocycles. The Hall–Kier alpha value is -1.06. The molecule has 1 heterocycles. The first-order valence-corrected chi connectivity index (χ1v) is 4.12. The summed E-state index contributed by atoms with van der Waals surface area (Å²) in [4.78, 5) is 22.4. The summed E-state index contributed by atoms with van der Waals surface area (Å²) >= 11 is 0. The molecule has 66 valence electrons. The highest BCUT2D eigenvalue weighted by atomic mass is 16.4. The van der Waals surface area contributed by atoms with Gasteiger partial charge in [0.1, 0.15) is 6.29 Å². The first kappa shape index (κ1) is 7.58. The largest absolute Gasteiger partial charge is 0.465 e. The van der Waals surface area contributed by atoms with Crippen LogP contribution in [0.25, 0.3) is 0 Å². The van der Waals surface area contributed by atoms with Crippen molar-refractivity contribution in [1.29, 1.82) is 0 Å². The molecule has 1 amide bonds. The Balaban J connectivity index is 2.12. The number of carboxylic acid groups (broad SMARTS) is 1. The Morgan fingerprint density at radius 3 is 2.58 bits per heavy atom. The van der Waals surface area contributed by atoms with E-state index in [2.05, 4.69) is 0 Å². The first-order valence-electron chi connectivity index (χ1n) is 4.12. The van der Waals surface area contributed by atoms with Crippen molar-refractivity contribution in [3.05, 3.63) is 0 Å². The lowest BCUT2D eigenvalue weighted by molar-refractivity contribution is -0.111. The van der Waals surface area contributed by atoms with E-state index in [1.165, 1.54) is 4.90 Å². The fourth-order valence-corrected chi connectivity index (χ4v) is 1.97. The van der Waals surface area contributed by atoms with Gasteiger partial charge < -0.3 is 9.90 Å². The van der Waals surface area contributed by atoms with Gasteiger partial charge in [0.15, 0.2) is 0 Å². The zero-order valence-corrected chi connectivity index (χ0v) is 6.69. The standard InChI is InChI=1S/C8H11NO3/c10-4-6-3-8(1-2-8)5-9(6)7(11)12/h4,6H,1-3,5H2,(H,11,12). The molecular weight excluding hydrogens is 158 g/mol. The SMILES string of the molecule is O=CC1CC2(CC2)CN1C(=O)O. The van der Waals surface area contributed by atoms with Crippen LogP contribution in [0.5, 0.6) is 0 Å². The number of hydrogen-bond acceptors (Lipinski definition) is 2. The fourth-order valence-electron chi connectivity index (χ4n) is 1.97. The van der Waals surface area contributed by atoms with E-state index in [4.69, 9.17) is 5.11 Å². The Labute approximate surface area is 70.2 Å². The number of carbonyl (C=O) groups excluding carboxylic acids is 1. The van der Waals surface area contributed by atoms with Crippen LogP contribution < -0.4 is 0 Å². The van der Waals surface area contributed by atoms with E-state index >= 15 is 0 Å². The van der Waals surface area contributed by atoms with Crippen LogP contribution in [0.4, 0.5) is 4.79 Å². The zero-order chi connectivity index (χ0) is 8.77. The minimum atomic E-state index is -0.962. The number of hydrogen-bond donors (Lipinski definition) is 1. The third kappa shape index (κ3) is 0.983. The first-order chi connectivity index (χ1) is 5.67. The van der Waals surface area contributed by atoms with Gasteiger partial charge in [-0.25, -0.2) is 4.79 Å². The van der Waals surface area contributed by atoms with Crippen LogP contribution >= 0.6 is 0 Å². The van der Waals surface area contributed by atoms with Gasteiger partial charge in [-0.15, -0.1) is 0 Å². The van der Waals surface area contributed by atoms with Crippen molar-refractivity contribution in [3.8, 4) is 0 Å². The molecule has 2 aliphatic rings. The second kappa shape index (κ2) is 2.21. The van der Waals surface area contributed by atoms with Gasteiger partial charge in [-0.3, -0.25) is 4.90 Å². The maximum Gasteiger partial charge on any atom is 0.407 e. The molecule has 1 spiro atoms. The lowest BCUT2D eigenvalue weighted by Gasteiger charge is -2.15. The molecule has 4 nitrogen and oxygen atoms in total. The zero-order valence-electron chi connectivity index (χ0n) is 6.69. The maximum atomic E-state index is 10.7. The van der Waals surface area contributed by atoms with Crippen molar-refractivity contribution in [3.63, 3.8) is 0 Å². The van der Waals surface area contributed by atoms with Crippen molar-refractivity contribution >= 4 is 12.4 Å². The summed E-state index contributed by atoms with van der Waals surface area (Å²) < 4.78 is 0. The average molecular weight is 169 g/mol. The molecule has 1 N–H and O–H groups in total. The van der Waals surface area contributed by atoms with Crippen LogP contribution in [0.3, 0.4) is 0 Å². The number of carbonyl (C=O) groups is 2. The maximum absolute atomic E-state index is 10.7. The monoisotopic (exact) mass is 169 g/mol. The number of rotatable bonds is 1. The van der Waals surface area contributed by atoms with Crippen molar-refractivity contribution in [1.82, 2.24) is 4.90 Å². The topological polar surface area (TPSA) is 57.6 Å².